The first kappa shape index (κ1) is 9.93. The number of rotatable bonds is 1. The van der Waals surface area contributed by atoms with Crippen molar-refractivity contribution in [2.45, 2.75) is 0 Å². The maximum atomic E-state index is 4.98. The van der Waals surface area contributed by atoms with Crippen molar-refractivity contribution in [3.8, 4) is 5.75 Å². The number of hydrogen-bond acceptors (Lipinski definition) is 1. The third-order valence-corrected chi connectivity index (χ3v) is 2.15. The van der Waals surface area contributed by atoms with E-state index in [2.05, 4.69) is 12.1 Å². The van der Waals surface area contributed by atoms with Gasteiger partial charge in [-0.3, -0.25) is 0 Å². The summed E-state index contributed by atoms with van der Waals surface area (Å²) in [4.78, 5) is 0. The SMILES string of the molecule is COc1cc[c]([Zn])cc1.Cl. The molecule has 0 unspecified atom stereocenters. The van der Waals surface area contributed by atoms with E-state index in [-0.39, 0.29) is 12.4 Å². The van der Waals surface area contributed by atoms with E-state index < -0.39 is 0 Å². The monoisotopic (exact) mass is 207 g/mol. The summed E-state index contributed by atoms with van der Waals surface area (Å²) in [5.41, 5.74) is 0. The van der Waals surface area contributed by atoms with Crippen molar-refractivity contribution in [2.75, 3.05) is 7.11 Å². The van der Waals surface area contributed by atoms with Crippen LogP contribution < -0.4 is 8.89 Å². The van der Waals surface area contributed by atoms with Crippen LogP contribution in [0.3, 0.4) is 0 Å². The molecule has 1 aromatic carbocycles. The van der Waals surface area contributed by atoms with Gasteiger partial charge in [-0.1, -0.05) is 0 Å². The summed E-state index contributed by atoms with van der Waals surface area (Å²) in [5.74, 6) is 0.937. The molecule has 0 saturated heterocycles. The third kappa shape index (κ3) is 2.68. The Balaban J connectivity index is 0.000000810. The summed E-state index contributed by atoms with van der Waals surface area (Å²) in [7, 11) is 1.68. The summed E-state index contributed by atoms with van der Waals surface area (Å²) in [6, 6.07) is 8.13. The van der Waals surface area contributed by atoms with Gasteiger partial charge in [0.25, 0.3) is 0 Å². The second-order valence-electron chi connectivity index (χ2n) is 1.85. The first-order chi connectivity index (χ1) is 4.33. The largest absolute Gasteiger partial charge is 0.147 e. The van der Waals surface area contributed by atoms with Crippen LogP contribution in [-0.2, 0) is 18.3 Å². The van der Waals surface area contributed by atoms with Gasteiger partial charge < -0.3 is 0 Å². The van der Waals surface area contributed by atoms with E-state index in [9.17, 15) is 0 Å². The van der Waals surface area contributed by atoms with Crippen LogP contribution in [0.4, 0.5) is 0 Å². The van der Waals surface area contributed by atoms with Crippen molar-refractivity contribution >= 4 is 16.6 Å². The molecule has 0 radical (unpaired) electrons. The van der Waals surface area contributed by atoms with Crippen LogP contribution in [0.25, 0.3) is 0 Å². The molecule has 1 rings (SSSR count). The molecule has 51 valence electrons. The fourth-order valence-corrected chi connectivity index (χ4v) is 1.12. The van der Waals surface area contributed by atoms with Gasteiger partial charge in [0.15, 0.2) is 0 Å². The Labute approximate surface area is 76.9 Å². The average molecular weight is 209 g/mol. The molecule has 0 spiro atoms. The first-order valence-electron chi connectivity index (χ1n) is 2.79. The normalized spacial score (nSPS) is 8.30. The molecule has 0 aromatic heterocycles. The van der Waals surface area contributed by atoms with E-state index >= 15 is 0 Å². The van der Waals surface area contributed by atoms with Crippen LogP contribution in [0.2, 0.25) is 0 Å². The topological polar surface area (TPSA) is 9.23 Å². The summed E-state index contributed by atoms with van der Waals surface area (Å²) in [5, 5.41) is 0. The number of benzene rings is 1. The fraction of sp³-hybridized carbons (Fsp3) is 0.143. The van der Waals surface area contributed by atoms with Gasteiger partial charge in [0.1, 0.15) is 0 Å². The Hall–Kier alpha value is -0.0666. The third-order valence-electron chi connectivity index (χ3n) is 1.16. The van der Waals surface area contributed by atoms with Crippen molar-refractivity contribution in [3.63, 3.8) is 0 Å². The molecule has 1 aromatic rings. The maximum absolute atomic E-state index is 4.98. The second kappa shape index (κ2) is 4.70. The minimum absolute atomic E-state index is 0. The molecule has 0 aliphatic rings. The summed E-state index contributed by atoms with van der Waals surface area (Å²) >= 11 is 1.21. The zero-order valence-electron chi connectivity index (χ0n) is 5.83. The van der Waals surface area contributed by atoms with E-state index in [4.69, 9.17) is 4.74 Å². The van der Waals surface area contributed by atoms with Gasteiger partial charge in [-0.25, -0.2) is 0 Å². The zero-order valence-corrected chi connectivity index (χ0v) is 9.62. The van der Waals surface area contributed by atoms with Crippen LogP contribution in [0.5, 0.6) is 5.75 Å². The Kier molecular flexibility index (Phi) is 4.67. The molecule has 0 aliphatic heterocycles. The number of halogens is 1. The Bertz CT molecular complexity index is 185. The number of ether oxygens (including phenoxy) is 1. The van der Waals surface area contributed by atoms with Crippen LogP contribution in [0.15, 0.2) is 24.3 Å². The second-order valence-corrected chi connectivity index (χ2v) is 3.56. The summed E-state index contributed by atoms with van der Waals surface area (Å²) in [6.07, 6.45) is 0. The molecular weight excluding hydrogens is 201 g/mol. The molecule has 10 heavy (non-hydrogen) atoms. The standard InChI is InChI=1S/C7H7O.ClH.Zn/c1-8-7-5-3-2-4-6-7;;/h3-6H,1H3;1H;. The molecule has 0 atom stereocenters. The zero-order chi connectivity index (χ0) is 6.69. The fourth-order valence-electron chi connectivity index (χ4n) is 0.626. The van der Waals surface area contributed by atoms with E-state index in [0.29, 0.717) is 0 Å². The molecule has 3 heteroatoms. The molecule has 0 amide bonds. The molecule has 0 fully saturated rings. The minimum Gasteiger partial charge on any atom is -0.147 e. The molecule has 0 bridgehead atoms. The Morgan fingerprint density at radius 1 is 1.20 bits per heavy atom. The van der Waals surface area contributed by atoms with Gasteiger partial charge in [0.05, 0.1) is 0 Å². The van der Waals surface area contributed by atoms with E-state index in [1.54, 1.807) is 7.11 Å². The van der Waals surface area contributed by atoms with Crippen LogP contribution in [0.1, 0.15) is 0 Å². The van der Waals surface area contributed by atoms with E-state index in [1.165, 1.54) is 22.5 Å². The summed E-state index contributed by atoms with van der Waals surface area (Å²) < 4.78 is 6.37. The van der Waals surface area contributed by atoms with Gasteiger partial charge in [0.2, 0.25) is 0 Å². The first-order valence-corrected chi connectivity index (χ1v) is 4.27. The number of hydrogen-bond donors (Lipinski definition) is 0. The van der Waals surface area contributed by atoms with Crippen molar-refractivity contribution < 1.29 is 23.0 Å². The van der Waals surface area contributed by atoms with Gasteiger partial charge in [-0.2, -0.15) is 0 Å². The van der Waals surface area contributed by atoms with E-state index in [0.717, 1.165) is 5.75 Å². The molecule has 0 saturated carbocycles. The summed E-state index contributed by atoms with van der Waals surface area (Å²) in [6.45, 7) is 0. The van der Waals surface area contributed by atoms with Crippen molar-refractivity contribution in [1.29, 1.82) is 0 Å². The van der Waals surface area contributed by atoms with Gasteiger partial charge in [-0.15, -0.1) is 12.4 Å². The van der Waals surface area contributed by atoms with Crippen molar-refractivity contribution in [1.82, 2.24) is 0 Å². The predicted octanol–water partition coefficient (Wildman–Crippen LogP) is 1.29. The molecule has 0 heterocycles. The predicted molar refractivity (Wildman–Crippen MR) is 39.9 cm³/mol. The van der Waals surface area contributed by atoms with Crippen molar-refractivity contribution in [2.24, 2.45) is 0 Å². The van der Waals surface area contributed by atoms with E-state index in [1.807, 2.05) is 12.1 Å². The van der Waals surface area contributed by atoms with Gasteiger partial charge in [0, 0.05) is 0 Å². The molecule has 0 aliphatic carbocycles. The molecule has 1 nitrogen and oxygen atoms in total. The smallest absolute Gasteiger partial charge is 0.147 e. The van der Waals surface area contributed by atoms with Crippen molar-refractivity contribution in [3.05, 3.63) is 24.3 Å². The van der Waals surface area contributed by atoms with Gasteiger partial charge >= 0.3 is 64.3 Å². The maximum Gasteiger partial charge on any atom is -0.147 e. The quantitative estimate of drug-likeness (QED) is 0.633. The number of methoxy groups -OCH3 is 1. The van der Waals surface area contributed by atoms with Gasteiger partial charge in [-0.05, 0) is 0 Å². The average Bonchev–Trinajstić information content (AvgIpc) is 1.90. The minimum atomic E-state index is 0. The van der Waals surface area contributed by atoms with Crippen LogP contribution >= 0.6 is 12.4 Å². The van der Waals surface area contributed by atoms with Crippen LogP contribution in [0, 0.1) is 0 Å². The molecule has 0 N–H and O–H groups in total. The molecular formula is C7H8ClOZn. The van der Waals surface area contributed by atoms with Crippen LogP contribution in [-0.4, -0.2) is 7.11 Å². The Morgan fingerprint density at radius 3 is 2.10 bits per heavy atom. The Morgan fingerprint density at radius 2 is 1.70 bits per heavy atom.